The zero-order valence-electron chi connectivity index (χ0n) is 7.84. The van der Waals surface area contributed by atoms with Crippen molar-refractivity contribution < 1.29 is 15.2 Å². The minimum Gasteiger partial charge on any atom is -0.182 e. The Morgan fingerprint density at radius 2 is 1.93 bits per heavy atom. The first-order valence-corrected chi connectivity index (χ1v) is 5.71. The number of benzene rings is 1. The van der Waals surface area contributed by atoms with Crippen LogP contribution in [0.15, 0.2) is 30.3 Å². The predicted molar refractivity (Wildman–Crippen MR) is 55.2 cm³/mol. The molecule has 1 fully saturated rings. The van der Waals surface area contributed by atoms with Crippen LogP contribution in [0.5, 0.6) is 0 Å². The number of rotatable bonds is 1. The Labute approximate surface area is 87.5 Å². The molecule has 3 nitrogen and oxygen atoms in total. The van der Waals surface area contributed by atoms with Crippen LogP contribution in [0.2, 0.25) is 0 Å². The maximum atomic E-state index is 9.49. The van der Waals surface area contributed by atoms with Gasteiger partial charge in [-0.25, -0.2) is 0 Å². The third kappa shape index (κ3) is 2.27. The minimum atomic E-state index is -0.841. The van der Waals surface area contributed by atoms with Gasteiger partial charge in [0.05, 0.1) is 5.25 Å². The number of quaternary nitrogens is 1. The van der Waals surface area contributed by atoms with Crippen molar-refractivity contribution in [3.8, 4) is 0 Å². The molecule has 1 aromatic carbocycles. The smallest absolute Gasteiger partial charge is 0.158 e. The van der Waals surface area contributed by atoms with Crippen LogP contribution >= 0.6 is 11.8 Å². The van der Waals surface area contributed by atoms with Crippen LogP contribution in [0.4, 0.5) is 0 Å². The highest BCUT2D eigenvalue weighted by Gasteiger charge is 2.34. The van der Waals surface area contributed by atoms with Gasteiger partial charge in [-0.05, 0) is 10.4 Å². The minimum absolute atomic E-state index is 0.194. The van der Waals surface area contributed by atoms with Crippen LogP contribution in [-0.2, 0) is 0 Å². The molecule has 1 atom stereocenters. The van der Waals surface area contributed by atoms with E-state index in [1.807, 2.05) is 30.3 Å². The second-order valence-electron chi connectivity index (χ2n) is 3.56. The molecule has 0 aliphatic carbocycles. The lowest BCUT2D eigenvalue weighted by Gasteiger charge is -2.30. The van der Waals surface area contributed by atoms with Crippen LogP contribution in [0.1, 0.15) is 10.8 Å². The van der Waals surface area contributed by atoms with Crippen LogP contribution in [-0.4, -0.2) is 34.1 Å². The van der Waals surface area contributed by atoms with Crippen molar-refractivity contribution in [2.24, 2.45) is 0 Å². The quantitative estimate of drug-likeness (QED) is 0.700. The summed E-state index contributed by atoms with van der Waals surface area (Å²) in [6, 6.07) is 9.99. The molecule has 1 aliphatic heterocycles. The maximum Gasteiger partial charge on any atom is 0.158 e. The number of hydrogen-bond acceptors (Lipinski definition) is 3. The third-order valence-electron chi connectivity index (χ3n) is 2.40. The maximum absolute atomic E-state index is 9.49. The molecule has 1 heterocycles. The van der Waals surface area contributed by atoms with Crippen molar-refractivity contribution in [1.29, 1.82) is 0 Å². The topological polar surface area (TPSA) is 40.5 Å². The van der Waals surface area contributed by atoms with Crippen LogP contribution in [0.25, 0.3) is 0 Å². The van der Waals surface area contributed by atoms with Gasteiger partial charge in [0.15, 0.2) is 13.1 Å². The van der Waals surface area contributed by atoms with Gasteiger partial charge in [-0.3, -0.25) is 0 Å². The first-order chi connectivity index (χ1) is 6.67. The van der Waals surface area contributed by atoms with E-state index in [0.29, 0.717) is 13.1 Å². The van der Waals surface area contributed by atoms with E-state index in [2.05, 4.69) is 0 Å². The fourth-order valence-corrected chi connectivity index (χ4v) is 3.00. The van der Waals surface area contributed by atoms with Crippen LogP contribution in [0, 0.1) is 0 Å². The molecule has 76 valence electrons. The molecule has 0 saturated carbocycles. The predicted octanol–water partition coefficient (Wildman–Crippen LogP) is 2.07. The molecule has 0 radical (unpaired) electrons. The third-order valence-corrected chi connectivity index (χ3v) is 3.64. The van der Waals surface area contributed by atoms with Gasteiger partial charge in [0, 0.05) is 5.75 Å². The normalized spacial score (nSPS) is 26.0. The first-order valence-electron chi connectivity index (χ1n) is 4.66. The summed E-state index contributed by atoms with van der Waals surface area (Å²) in [7, 11) is 0. The Morgan fingerprint density at radius 3 is 2.57 bits per heavy atom. The van der Waals surface area contributed by atoms with E-state index in [0.717, 1.165) is 5.75 Å². The summed E-state index contributed by atoms with van der Waals surface area (Å²) in [6.07, 6.45) is 0. The van der Waals surface area contributed by atoms with Crippen molar-refractivity contribution in [3.63, 3.8) is 0 Å². The molecule has 0 bridgehead atoms. The summed E-state index contributed by atoms with van der Waals surface area (Å²) < 4.78 is 0. The van der Waals surface area contributed by atoms with E-state index in [9.17, 15) is 10.4 Å². The van der Waals surface area contributed by atoms with Crippen LogP contribution < -0.4 is 0 Å². The van der Waals surface area contributed by atoms with Crippen molar-refractivity contribution in [2.75, 3.05) is 18.8 Å². The largest absolute Gasteiger partial charge is 0.182 e. The second kappa shape index (κ2) is 3.90. The second-order valence-corrected chi connectivity index (χ2v) is 4.87. The van der Waals surface area contributed by atoms with Crippen LogP contribution in [0.3, 0.4) is 0 Å². The molecule has 1 aromatic rings. The molecule has 14 heavy (non-hydrogen) atoms. The van der Waals surface area contributed by atoms with E-state index in [1.165, 1.54) is 5.56 Å². The monoisotopic (exact) mass is 212 g/mol. The SMILES string of the molecule is O[N+]1(O)CCSC(c2ccccc2)C1. The molecule has 1 aliphatic rings. The Hall–Kier alpha value is -0.550. The summed E-state index contributed by atoms with van der Waals surface area (Å²) >= 11 is 1.78. The molecule has 2 N–H and O–H groups in total. The Morgan fingerprint density at radius 1 is 1.21 bits per heavy atom. The first kappa shape index (κ1) is 9.98. The number of hydroxylamine groups is 4. The lowest BCUT2D eigenvalue weighted by atomic mass is 10.1. The van der Waals surface area contributed by atoms with Gasteiger partial charge in [-0.2, -0.15) is 10.4 Å². The summed E-state index contributed by atoms with van der Waals surface area (Å²) in [4.78, 5) is -0.841. The standard InChI is InChI=1S/C10H14NO2S/c12-11(13)6-7-14-10(8-11)9-4-2-1-3-5-9/h1-5,10,12-13H,6-8H2/q+1. The number of hydrogen-bond donors (Lipinski definition) is 2. The average molecular weight is 212 g/mol. The highest BCUT2D eigenvalue weighted by molar-refractivity contribution is 7.99. The summed E-state index contributed by atoms with van der Waals surface area (Å²) in [6.45, 7) is 0.780. The van der Waals surface area contributed by atoms with Gasteiger partial charge in [-0.1, -0.05) is 30.3 Å². The van der Waals surface area contributed by atoms with Gasteiger partial charge in [0.25, 0.3) is 0 Å². The van der Waals surface area contributed by atoms with E-state index in [1.54, 1.807) is 11.8 Å². The molecule has 4 heteroatoms. The summed E-state index contributed by atoms with van der Waals surface area (Å²) in [5.74, 6) is 0.784. The zero-order chi connectivity index (χ0) is 10.0. The molecule has 1 saturated heterocycles. The van der Waals surface area contributed by atoms with Crippen molar-refractivity contribution in [1.82, 2.24) is 0 Å². The van der Waals surface area contributed by atoms with Gasteiger partial charge in [-0.15, -0.1) is 11.8 Å². The van der Waals surface area contributed by atoms with Gasteiger partial charge in [0.1, 0.15) is 0 Å². The fraction of sp³-hybridized carbons (Fsp3) is 0.400. The molecule has 0 amide bonds. The van der Waals surface area contributed by atoms with E-state index in [-0.39, 0.29) is 5.25 Å². The lowest BCUT2D eigenvalue weighted by Crippen LogP contribution is -2.48. The fourth-order valence-electron chi connectivity index (χ4n) is 1.62. The van der Waals surface area contributed by atoms with Gasteiger partial charge < -0.3 is 0 Å². The van der Waals surface area contributed by atoms with E-state index in [4.69, 9.17) is 0 Å². The van der Waals surface area contributed by atoms with Crippen molar-refractivity contribution in [3.05, 3.63) is 35.9 Å². The molecule has 0 spiro atoms. The number of nitrogens with zero attached hydrogens (tertiary/aromatic N) is 1. The average Bonchev–Trinajstić information content (AvgIpc) is 2.18. The van der Waals surface area contributed by atoms with Gasteiger partial charge >= 0.3 is 0 Å². The Balaban J connectivity index is 2.12. The summed E-state index contributed by atoms with van der Waals surface area (Å²) in [5.41, 5.74) is 1.17. The van der Waals surface area contributed by atoms with E-state index < -0.39 is 4.81 Å². The Bertz CT molecular complexity index is 302. The van der Waals surface area contributed by atoms with E-state index >= 15 is 0 Å². The molecule has 0 aromatic heterocycles. The van der Waals surface area contributed by atoms with Crippen molar-refractivity contribution >= 4 is 11.8 Å². The molecule has 1 unspecified atom stereocenters. The summed E-state index contributed by atoms with van der Waals surface area (Å²) in [5, 5.41) is 19.2. The molecular formula is C10H14NO2S+. The highest BCUT2D eigenvalue weighted by atomic mass is 32.2. The Kier molecular flexibility index (Phi) is 2.78. The number of thioether (sulfide) groups is 1. The molecular weight excluding hydrogens is 198 g/mol. The van der Waals surface area contributed by atoms with Crippen molar-refractivity contribution in [2.45, 2.75) is 5.25 Å². The molecule has 2 rings (SSSR count). The lowest BCUT2D eigenvalue weighted by molar-refractivity contribution is -1.24. The zero-order valence-corrected chi connectivity index (χ0v) is 8.65. The van der Waals surface area contributed by atoms with Gasteiger partial charge in [0.2, 0.25) is 0 Å². The highest BCUT2D eigenvalue weighted by Crippen LogP contribution is 2.34.